The summed E-state index contributed by atoms with van der Waals surface area (Å²) in [6, 6.07) is 9.77. The molecule has 19 heavy (non-hydrogen) atoms. The fraction of sp³-hybridized carbons (Fsp3) is 0.529. The van der Waals surface area contributed by atoms with Crippen molar-refractivity contribution in [3.63, 3.8) is 0 Å². The van der Waals surface area contributed by atoms with Crippen molar-refractivity contribution < 1.29 is 0 Å². The second-order valence-corrected chi connectivity index (χ2v) is 6.60. The van der Waals surface area contributed by atoms with Crippen LogP contribution in [0.1, 0.15) is 56.5 Å². The number of unbranched alkanes of at least 4 members (excludes halogenated alkanes) is 1. The molecule has 0 aliphatic heterocycles. The molecule has 0 amide bonds. The summed E-state index contributed by atoms with van der Waals surface area (Å²) in [6.45, 7) is 9.10. The Hall–Kier alpha value is -0.860. The quantitative estimate of drug-likeness (QED) is 0.740. The molecule has 0 spiro atoms. The van der Waals surface area contributed by atoms with E-state index in [1.165, 1.54) is 39.8 Å². The van der Waals surface area contributed by atoms with Crippen molar-refractivity contribution in [3.05, 3.63) is 34.7 Å². The van der Waals surface area contributed by atoms with Crippen molar-refractivity contribution in [3.8, 4) is 0 Å². The standard InChI is InChI=1S/C17H25NS/c1-5-6-9-12(2)18-14(4)17-13(3)15-10-7-8-11-16(15)19-17/h7-8,10-12,14,18H,5-6,9H2,1-4H3. The highest BCUT2D eigenvalue weighted by molar-refractivity contribution is 7.19. The first-order chi connectivity index (χ1) is 9.13. The molecule has 0 bridgehead atoms. The Morgan fingerprint density at radius 2 is 1.95 bits per heavy atom. The molecule has 0 saturated heterocycles. The molecule has 2 unspecified atom stereocenters. The Morgan fingerprint density at radius 3 is 2.63 bits per heavy atom. The largest absolute Gasteiger partial charge is 0.307 e. The van der Waals surface area contributed by atoms with Gasteiger partial charge in [-0.1, -0.05) is 38.0 Å². The van der Waals surface area contributed by atoms with Gasteiger partial charge in [-0.05, 0) is 44.2 Å². The van der Waals surface area contributed by atoms with E-state index in [0.29, 0.717) is 12.1 Å². The molecule has 1 aromatic heterocycles. The van der Waals surface area contributed by atoms with E-state index in [9.17, 15) is 0 Å². The van der Waals surface area contributed by atoms with E-state index in [4.69, 9.17) is 0 Å². The van der Waals surface area contributed by atoms with E-state index >= 15 is 0 Å². The Balaban J connectivity index is 2.12. The monoisotopic (exact) mass is 275 g/mol. The Bertz CT molecular complexity index is 529. The lowest BCUT2D eigenvalue weighted by Gasteiger charge is -2.19. The molecule has 2 atom stereocenters. The molecule has 2 rings (SSSR count). The number of nitrogens with one attached hydrogen (secondary N) is 1. The molecule has 1 heterocycles. The lowest BCUT2D eigenvalue weighted by Crippen LogP contribution is -2.28. The van der Waals surface area contributed by atoms with Gasteiger partial charge in [0.15, 0.2) is 0 Å². The summed E-state index contributed by atoms with van der Waals surface area (Å²) in [5.74, 6) is 0. The maximum Gasteiger partial charge on any atom is 0.0391 e. The van der Waals surface area contributed by atoms with E-state index in [1.54, 1.807) is 0 Å². The highest BCUT2D eigenvalue weighted by Crippen LogP contribution is 2.34. The number of rotatable bonds is 6. The second-order valence-electron chi connectivity index (χ2n) is 5.52. The Labute approximate surface area is 121 Å². The van der Waals surface area contributed by atoms with Gasteiger partial charge in [0.1, 0.15) is 0 Å². The van der Waals surface area contributed by atoms with Gasteiger partial charge in [0.05, 0.1) is 0 Å². The summed E-state index contributed by atoms with van der Waals surface area (Å²) in [6.07, 6.45) is 3.86. The summed E-state index contributed by atoms with van der Waals surface area (Å²) in [4.78, 5) is 1.49. The zero-order chi connectivity index (χ0) is 13.8. The van der Waals surface area contributed by atoms with Gasteiger partial charge in [0.25, 0.3) is 0 Å². The van der Waals surface area contributed by atoms with Crippen LogP contribution in [0.5, 0.6) is 0 Å². The first-order valence-corrected chi connectivity index (χ1v) is 8.19. The smallest absolute Gasteiger partial charge is 0.0391 e. The number of hydrogen-bond donors (Lipinski definition) is 1. The Kier molecular flexibility index (Phi) is 5.00. The first kappa shape index (κ1) is 14.5. The molecule has 2 aromatic rings. The summed E-state index contributed by atoms with van der Waals surface area (Å²) >= 11 is 1.94. The molecule has 1 N–H and O–H groups in total. The van der Waals surface area contributed by atoms with Crippen molar-refractivity contribution >= 4 is 21.4 Å². The predicted octanol–water partition coefficient (Wildman–Crippen LogP) is 5.44. The number of aryl methyl sites for hydroxylation is 1. The van der Waals surface area contributed by atoms with E-state index < -0.39 is 0 Å². The van der Waals surface area contributed by atoms with Crippen LogP contribution in [0.25, 0.3) is 10.1 Å². The van der Waals surface area contributed by atoms with Crippen molar-refractivity contribution in [1.82, 2.24) is 5.32 Å². The minimum Gasteiger partial charge on any atom is -0.307 e. The lowest BCUT2D eigenvalue weighted by atomic mass is 10.1. The van der Waals surface area contributed by atoms with Crippen LogP contribution in [-0.4, -0.2) is 6.04 Å². The molecule has 0 aliphatic rings. The molecular formula is C17H25NS. The van der Waals surface area contributed by atoms with Gasteiger partial charge >= 0.3 is 0 Å². The maximum atomic E-state index is 3.74. The molecule has 0 aliphatic carbocycles. The number of fused-ring (bicyclic) bond motifs is 1. The minimum absolute atomic E-state index is 0.448. The van der Waals surface area contributed by atoms with Crippen molar-refractivity contribution in [2.45, 2.75) is 59.0 Å². The zero-order valence-electron chi connectivity index (χ0n) is 12.5. The van der Waals surface area contributed by atoms with Gasteiger partial charge in [0, 0.05) is 21.7 Å². The van der Waals surface area contributed by atoms with Crippen molar-refractivity contribution in [1.29, 1.82) is 0 Å². The third-order valence-electron chi connectivity index (χ3n) is 3.80. The fourth-order valence-electron chi connectivity index (χ4n) is 2.70. The second kappa shape index (κ2) is 6.53. The molecule has 0 fully saturated rings. The number of thiophene rings is 1. The van der Waals surface area contributed by atoms with Gasteiger partial charge in [-0.2, -0.15) is 0 Å². The van der Waals surface area contributed by atoms with Crippen molar-refractivity contribution in [2.24, 2.45) is 0 Å². The molecular weight excluding hydrogens is 250 g/mol. The van der Waals surface area contributed by atoms with Crippen LogP contribution in [0.3, 0.4) is 0 Å². The van der Waals surface area contributed by atoms with Crippen LogP contribution < -0.4 is 5.32 Å². The summed E-state index contributed by atoms with van der Waals surface area (Å²) in [7, 11) is 0. The van der Waals surface area contributed by atoms with E-state index in [-0.39, 0.29) is 0 Å². The molecule has 104 valence electrons. The van der Waals surface area contributed by atoms with Crippen LogP contribution in [0.15, 0.2) is 24.3 Å². The predicted molar refractivity (Wildman–Crippen MR) is 87.1 cm³/mol. The SMILES string of the molecule is CCCCC(C)NC(C)c1sc2ccccc2c1C. The van der Waals surface area contributed by atoms with Gasteiger partial charge in [-0.3, -0.25) is 0 Å². The third-order valence-corrected chi connectivity index (χ3v) is 5.25. The molecule has 1 nitrogen and oxygen atoms in total. The normalized spacial score (nSPS) is 14.7. The van der Waals surface area contributed by atoms with E-state index in [1.807, 2.05) is 11.3 Å². The molecule has 2 heteroatoms. The van der Waals surface area contributed by atoms with Crippen LogP contribution in [0.4, 0.5) is 0 Å². The highest BCUT2D eigenvalue weighted by Gasteiger charge is 2.15. The number of benzene rings is 1. The average Bonchev–Trinajstić information content (AvgIpc) is 2.74. The van der Waals surface area contributed by atoms with Gasteiger partial charge in [0.2, 0.25) is 0 Å². The topological polar surface area (TPSA) is 12.0 Å². The van der Waals surface area contributed by atoms with Crippen LogP contribution in [0.2, 0.25) is 0 Å². The highest BCUT2D eigenvalue weighted by atomic mass is 32.1. The lowest BCUT2D eigenvalue weighted by molar-refractivity contribution is 0.447. The molecule has 0 radical (unpaired) electrons. The average molecular weight is 275 g/mol. The number of hydrogen-bond acceptors (Lipinski definition) is 2. The van der Waals surface area contributed by atoms with Crippen molar-refractivity contribution in [2.75, 3.05) is 0 Å². The fourth-order valence-corrected chi connectivity index (χ4v) is 3.92. The Morgan fingerprint density at radius 1 is 1.21 bits per heavy atom. The van der Waals surface area contributed by atoms with E-state index in [2.05, 4.69) is 57.3 Å². The van der Waals surface area contributed by atoms with Crippen LogP contribution >= 0.6 is 11.3 Å². The molecule has 0 saturated carbocycles. The summed E-state index contributed by atoms with van der Waals surface area (Å²) in [5.41, 5.74) is 1.45. The first-order valence-electron chi connectivity index (χ1n) is 7.37. The minimum atomic E-state index is 0.448. The summed E-state index contributed by atoms with van der Waals surface area (Å²) in [5, 5.41) is 5.16. The third kappa shape index (κ3) is 3.37. The zero-order valence-corrected chi connectivity index (χ0v) is 13.3. The maximum absolute atomic E-state index is 3.74. The van der Waals surface area contributed by atoms with Crippen LogP contribution in [-0.2, 0) is 0 Å². The summed E-state index contributed by atoms with van der Waals surface area (Å²) < 4.78 is 1.41. The van der Waals surface area contributed by atoms with Gasteiger partial charge in [-0.15, -0.1) is 11.3 Å². The van der Waals surface area contributed by atoms with Crippen LogP contribution in [0, 0.1) is 6.92 Å². The molecule has 1 aromatic carbocycles. The van der Waals surface area contributed by atoms with E-state index in [0.717, 1.165) is 0 Å². The van der Waals surface area contributed by atoms with Gasteiger partial charge < -0.3 is 5.32 Å². The van der Waals surface area contributed by atoms with Gasteiger partial charge in [-0.25, -0.2) is 0 Å².